The second kappa shape index (κ2) is 9.29. The molecule has 2 aromatic rings. The second-order valence-corrected chi connectivity index (χ2v) is 7.29. The van der Waals surface area contributed by atoms with Gasteiger partial charge in [0, 0.05) is 37.3 Å². The van der Waals surface area contributed by atoms with E-state index in [0.717, 1.165) is 18.4 Å². The number of nitrogens with zero attached hydrogens (tertiary/aromatic N) is 3. The molecule has 2 amide bonds. The van der Waals surface area contributed by atoms with Gasteiger partial charge in [0.05, 0.1) is 18.8 Å². The number of aliphatic hydroxyl groups excluding tert-OH is 1. The van der Waals surface area contributed by atoms with Gasteiger partial charge in [-0.2, -0.15) is 0 Å². The summed E-state index contributed by atoms with van der Waals surface area (Å²) in [5, 5.41) is 12.8. The van der Waals surface area contributed by atoms with Gasteiger partial charge in [-0.25, -0.2) is 4.98 Å². The fourth-order valence-electron chi connectivity index (χ4n) is 3.98. The third-order valence-corrected chi connectivity index (χ3v) is 5.45. The van der Waals surface area contributed by atoms with Gasteiger partial charge in [-0.15, -0.1) is 0 Å². The van der Waals surface area contributed by atoms with Crippen LogP contribution in [0.5, 0.6) is 0 Å². The van der Waals surface area contributed by atoms with Crippen molar-refractivity contribution in [3.05, 3.63) is 54.1 Å². The van der Waals surface area contributed by atoms with Crippen molar-refractivity contribution < 1.29 is 24.2 Å². The maximum Gasteiger partial charge on any atom is 0.275 e. The Morgan fingerprint density at radius 3 is 2.63 bits per heavy atom. The van der Waals surface area contributed by atoms with E-state index in [0.29, 0.717) is 18.9 Å². The van der Waals surface area contributed by atoms with Crippen LogP contribution in [0.1, 0.15) is 35.0 Å². The monoisotopic (exact) mass is 412 g/mol. The molecule has 4 rings (SSSR count). The smallest absolute Gasteiger partial charge is 0.275 e. The van der Waals surface area contributed by atoms with Gasteiger partial charge >= 0.3 is 0 Å². The minimum Gasteiger partial charge on any atom is -0.394 e. The van der Waals surface area contributed by atoms with Crippen molar-refractivity contribution in [1.82, 2.24) is 14.9 Å². The number of amides is 2. The Bertz CT molecular complexity index is 871. The van der Waals surface area contributed by atoms with Gasteiger partial charge in [-0.05, 0) is 30.5 Å². The highest BCUT2D eigenvalue weighted by Crippen LogP contribution is 2.33. The number of carbonyl (C=O) groups is 2. The van der Waals surface area contributed by atoms with Gasteiger partial charge in [-0.3, -0.25) is 14.6 Å². The zero-order valence-electron chi connectivity index (χ0n) is 16.4. The number of aromatic nitrogens is 2. The van der Waals surface area contributed by atoms with Gasteiger partial charge in [0.15, 0.2) is 0 Å². The van der Waals surface area contributed by atoms with Crippen molar-refractivity contribution in [1.29, 1.82) is 0 Å². The van der Waals surface area contributed by atoms with Crippen molar-refractivity contribution in [2.75, 3.05) is 31.7 Å². The summed E-state index contributed by atoms with van der Waals surface area (Å²) < 4.78 is 11.2. The Kier molecular flexibility index (Phi) is 6.32. The third-order valence-electron chi connectivity index (χ3n) is 5.45. The van der Waals surface area contributed by atoms with Crippen LogP contribution >= 0.6 is 0 Å². The molecule has 2 aliphatic heterocycles. The zero-order valence-corrected chi connectivity index (χ0v) is 16.4. The number of hydrogen-bond acceptors (Lipinski definition) is 7. The molecule has 2 fully saturated rings. The molecular formula is C21H24N4O5. The number of morpholine rings is 1. The molecule has 0 spiro atoms. The van der Waals surface area contributed by atoms with Crippen LogP contribution in [0.15, 0.2) is 42.9 Å². The van der Waals surface area contributed by atoms with Crippen LogP contribution in [0.4, 0.5) is 5.69 Å². The number of anilines is 1. The van der Waals surface area contributed by atoms with Crippen LogP contribution in [0.25, 0.3) is 0 Å². The Labute approximate surface area is 174 Å². The number of benzene rings is 1. The molecule has 0 bridgehead atoms. The molecule has 1 aromatic carbocycles. The van der Waals surface area contributed by atoms with Crippen LogP contribution in [-0.4, -0.2) is 70.3 Å². The number of hydrogen-bond donors (Lipinski definition) is 2. The number of rotatable bonds is 5. The topological polar surface area (TPSA) is 114 Å². The summed E-state index contributed by atoms with van der Waals surface area (Å²) in [7, 11) is 0. The highest BCUT2D eigenvalue weighted by molar-refractivity contribution is 6.02. The highest BCUT2D eigenvalue weighted by atomic mass is 16.5. The van der Waals surface area contributed by atoms with Crippen LogP contribution in [0, 0.1) is 0 Å². The summed E-state index contributed by atoms with van der Waals surface area (Å²) in [5.41, 5.74) is 1.65. The summed E-state index contributed by atoms with van der Waals surface area (Å²) in [6, 6.07) is 6.76. The predicted octanol–water partition coefficient (Wildman–Crippen LogP) is 1.17. The van der Waals surface area contributed by atoms with Gasteiger partial charge in [0.25, 0.3) is 5.91 Å². The SMILES string of the molecule is O=C(Nc1ccc([C@H]2OCC(=O)N(C3CCOCC3)[C@@H]2CO)cc1)c1cnccn1. The Morgan fingerprint density at radius 2 is 1.97 bits per heavy atom. The van der Waals surface area contributed by atoms with Crippen molar-refractivity contribution in [2.45, 2.75) is 31.0 Å². The summed E-state index contributed by atoms with van der Waals surface area (Å²) in [6.07, 6.45) is 5.42. The van der Waals surface area contributed by atoms with Crippen LogP contribution in [0.3, 0.4) is 0 Å². The Hall–Kier alpha value is -2.88. The fraction of sp³-hybridized carbons (Fsp3) is 0.429. The molecule has 2 aliphatic rings. The molecule has 0 radical (unpaired) electrons. The quantitative estimate of drug-likeness (QED) is 0.758. The van der Waals surface area contributed by atoms with E-state index in [9.17, 15) is 14.7 Å². The maximum atomic E-state index is 12.5. The third kappa shape index (κ3) is 4.33. The molecule has 0 saturated carbocycles. The van der Waals surface area contributed by atoms with Gasteiger partial charge in [0.1, 0.15) is 18.4 Å². The van der Waals surface area contributed by atoms with Crippen molar-refractivity contribution in [3.8, 4) is 0 Å². The summed E-state index contributed by atoms with van der Waals surface area (Å²) in [4.78, 5) is 34.4. The molecule has 2 N–H and O–H groups in total. The molecule has 158 valence electrons. The number of carbonyl (C=O) groups excluding carboxylic acids is 2. The lowest BCUT2D eigenvalue weighted by Crippen LogP contribution is -2.57. The summed E-state index contributed by atoms with van der Waals surface area (Å²) in [6.45, 7) is 0.999. The molecule has 1 aromatic heterocycles. The van der Waals surface area contributed by atoms with E-state index in [1.807, 2.05) is 12.1 Å². The zero-order chi connectivity index (χ0) is 20.9. The molecule has 0 unspecified atom stereocenters. The molecule has 0 aliphatic carbocycles. The van der Waals surface area contributed by atoms with Crippen LogP contribution in [0.2, 0.25) is 0 Å². The first-order chi connectivity index (χ1) is 14.7. The second-order valence-electron chi connectivity index (χ2n) is 7.29. The van der Waals surface area contributed by atoms with Crippen molar-refractivity contribution in [3.63, 3.8) is 0 Å². The fourth-order valence-corrected chi connectivity index (χ4v) is 3.98. The number of nitrogens with one attached hydrogen (secondary N) is 1. The lowest BCUT2D eigenvalue weighted by atomic mass is 9.95. The van der Waals surface area contributed by atoms with E-state index in [1.54, 1.807) is 17.0 Å². The first-order valence-corrected chi connectivity index (χ1v) is 9.96. The van der Waals surface area contributed by atoms with E-state index >= 15 is 0 Å². The maximum absolute atomic E-state index is 12.5. The lowest BCUT2D eigenvalue weighted by molar-refractivity contribution is -0.168. The standard InChI is InChI=1S/C21H24N4O5/c26-12-18-20(30-13-19(27)25(18)16-5-9-29-10-6-16)14-1-3-15(4-2-14)24-21(28)17-11-22-7-8-23-17/h1-4,7-8,11,16,18,20,26H,5-6,9-10,12-13H2,(H,24,28)/t18-,20-/m1/s1. The predicted molar refractivity (Wildman–Crippen MR) is 107 cm³/mol. The van der Waals surface area contributed by atoms with E-state index in [2.05, 4.69) is 15.3 Å². The number of aliphatic hydroxyl groups is 1. The van der Waals surface area contributed by atoms with E-state index < -0.39 is 12.1 Å². The minimum absolute atomic E-state index is 0.0241. The lowest BCUT2D eigenvalue weighted by Gasteiger charge is -2.45. The molecule has 30 heavy (non-hydrogen) atoms. The molecule has 9 nitrogen and oxygen atoms in total. The van der Waals surface area contributed by atoms with Crippen molar-refractivity contribution in [2.24, 2.45) is 0 Å². The highest BCUT2D eigenvalue weighted by Gasteiger charge is 2.41. The van der Waals surface area contributed by atoms with E-state index in [-0.39, 0.29) is 36.8 Å². The first-order valence-electron chi connectivity index (χ1n) is 9.96. The minimum atomic E-state index is -0.464. The molecule has 2 saturated heterocycles. The average molecular weight is 412 g/mol. The van der Waals surface area contributed by atoms with Crippen LogP contribution < -0.4 is 5.32 Å². The first kappa shape index (κ1) is 20.4. The number of ether oxygens (including phenoxy) is 2. The summed E-state index contributed by atoms with van der Waals surface area (Å²) >= 11 is 0. The molecule has 2 atom stereocenters. The van der Waals surface area contributed by atoms with E-state index in [4.69, 9.17) is 9.47 Å². The Balaban J connectivity index is 1.48. The normalized spacial score (nSPS) is 22.7. The van der Waals surface area contributed by atoms with E-state index in [1.165, 1.54) is 18.6 Å². The van der Waals surface area contributed by atoms with Crippen molar-refractivity contribution >= 4 is 17.5 Å². The van der Waals surface area contributed by atoms with Crippen LogP contribution in [-0.2, 0) is 14.3 Å². The van der Waals surface area contributed by atoms with Gasteiger partial charge < -0.3 is 24.8 Å². The van der Waals surface area contributed by atoms with Gasteiger partial charge in [0.2, 0.25) is 5.91 Å². The summed E-state index contributed by atoms with van der Waals surface area (Å²) in [5.74, 6) is -0.459. The average Bonchev–Trinajstić information content (AvgIpc) is 2.80. The molecule has 9 heteroatoms. The van der Waals surface area contributed by atoms with Gasteiger partial charge in [-0.1, -0.05) is 12.1 Å². The molecule has 3 heterocycles. The largest absolute Gasteiger partial charge is 0.394 e. The Morgan fingerprint density at radius 1 is 1.20 bits per heavy atom. The molecular weight excluding hydrogens is 388 g/mol.